The number of nitrogens with one attached hydrogen (secondary N) is 2. The van der Waals surface area contributed by atoms with Crippen LogP contribution in [0.4, 0.5) is 17.1 Å². The van der Waals surface area contributed by atoms with Crippen LogP contribution in [0.25, 0.3) is 0 Å². The molecule has 8 heteroatoms. The second-order valence-electron chi connectivity index (χ2n) is 6.68. The summed E-state index contributed by atoms with van der Waals surface area (Å²) in [7, 11) is 0. The van der Waals surface area contributed by atoms with Crippen molar-refractivity contribution in [3.05, 3.63) is 64.7 Å². The molecule has 1 saturated heterocycles. The van der Waals surface area contributed by atoms with Crippen molar-refractivity contribution in [2.24, 2.45) is 0 Å². The Hall–Kier alpha value is -3.13. The number of amides is 1. The lowest BCUT2D eigenvalue weighted by molar-refractivity contribution is -0.384. The summed E-state index contributed by atoms with van der Waals surface area (Å²) in [6, 6.07) is 16.5. The molecule has 0 bridgehead atoms. The SMILES string of the molecule is O=C(CN1CCN(c2ccccc2)CC1)NCCNc1ccc([N+](=O)[O-])cc1. The summed E-state index contributed by atoms with van der Waals surface area (Å²) in [6.07, 6.45) is 0. The molecule has 0 unspecified atom stereocenters. The Morgan fingerprint density at radius 1 is 0.964 bits per heavy atom. The maximum absolute atomic E-state index is 12.1. The quantitative estimate of drug-likeness (QED) is 0.411. The topological polar surface area (TPSA) is 90.8 Å². The maximum Gasteiger partial charge on any atom is 0.269 e. The van der Waals surface area contributed by atoms with Crippen LogP contribution in [0.2, 0.25) is 0 Å². The molecule has 1 aliphatic heterocycles. The first-order valence-electron chi connectivity index (χ1n) is 9.39. The summed E-state index contributed by atoms with van der Waals surface area (Å²) in [5.41, 5.74) is 2.08. The van der Waals surface area contributed by atoms with Crippen LogP contribution < -0.4 is 15.5 Å². The van der Waals surface area contributed by atoms with Crippen molar-refractivity contribution < 1.29 is 9.72 Å². The van der Waals surface area contributed by atoms with Crippen molar-refractivity contribution in [1.29, 1.82) is 0 Å². The molecule has 0 aliphatic carbocycles. The second kappa shape index (κ2) is 9.70. The number of non-ortho nitro benzene ring substituents is 1. The summed E-state index contributed by atoms with van der Waals surface area (Å²) >= 11 is 0. The van der Waals surface area contributed by atoms with Gasteiger partial charge in [0.05, 0.1) is 11.5 Å². The van der Waals surface area contributed by atoms with Gasteiger partial charge in [0.15, 0.2) is 0 Å². The van der Waals surface area contributed by atoms with E-state index in [1.165, 1.54) is 17.8 Å². The third kappa shape index (κ3) is 5.68. The van der Waals surface area contributed by atoms with Gasteiger partial charge in [-0.1, -0.05) is 18.2 Å². The molecule has 0 atom stereocenters. The summed E-state index contributed by atoms with van der Waals surface area (Å²) < 4.78 is 0. The molecule has 1 fully saturated rings. The molecule has 1 amide bonds. The molecular weight excluding hydrogens is 358 g/mol. The van der Waals surface area contributed by atoms with Crippen LogP contribution in [0.3, 0.4) is 0 Å². The zero-order valence-corrected chi connectivity index (χ0v) is 15.7. The summed E-state index contributed by atoms with van der Waals surface area (Å²) in [6.45, 7) is 5.02. The Morgan fingerprint density at radius 3 is 2.29 bits per heavy atom. The van der Waals surface area contributed by atoms with E-state index in [0.29, 0.717) is 19.6 Å². The molecular formula is C20H25N5O3. The number of carbonyl (C=O) groups is 1. The van der Waals surface area contributed by atoms with E-state index in [2.05, 4.69) is 32.6 Å². The summed E-state index contributed by atoms with van der Waals surface area (Å²) in [5, 5.41) is 16.7. The molecule has 0 spiro atoms. The Kier molecular flexibility index (Phi) is 6.80. The maximum atomic E-state index is 12.1. The highest BCUT2D eigenvalue weighted by Crippen LogP contribution is 2.16. The molecule has 3 rings (SSSR count). The smallest absolute Gasteiger partial charge is 0.269 e. The first kappa shape index (κ1) is 19.6. The lowest BCUT2D eigenvalue weighted by atomic mass is 10.2. The standard InChI is InChI=1S/C20H25N5O3/c26-20(22-11-10-21-17-6-8-19(9-7-17)25(27)28)16-23-12-14-24(15-13-23)18-4-2-1-3-5-18/h1-9,21H,10-16H2,(H,22,26). The Balaban J connectivity index is 1.31. The lowest BCUT2D eigenvalue weighted by Gasteiger charge is -2.35. The predicted octanol–water partition coefficient (Wildman–Crippen LogP) is 1.95. The fraction of sp³-hybridized carbons (Fsp3) is 0.350. The Labute approximate surface area is 164 Å². The number of hydrogen-bond donors (Lipinski definition) is 2. The zero-order chi connectivity index (χ0) is 19.8. The van der Waals surface area contributed by atoms with Crippen LogP contribution in [0, 0.1) is 10.1 Å². The molecule has 2 N–H and O–H groups in total. The van der Waals surface area contributed by atoms with E-state index in [4.69, 9.17) is 0 Å². The Bertz CT molecular complexity index is 774. The van der Waals surface area contributed by atoms with Crippen molar-refractivity contribution >= 4 is 23.0 Å². The van der Waals surface area contributed by atoms with Gasteiger partial charge in [0.1, 0.15) is 0 Å². The van der Waals surface area contributed by atoms with Gasteiger partial charge in [-0.2, -0.15) is 0 Å². The highest BCUT2D eigenvalue weighted by Gasteiger charge is 2.18. The van der Waals surface area contributed by atoms with E-state index in [1.54, 1.807) is 12.1 Å². The van der Waals surface area contributed by atoms with Crippen molar-refractivity contribution in [1.82, 2.24) is 10.2 Å². The van der Waals surface area contributed by atoms with E-state index in [-0.39, 0.29) is 11.6 Å². The first-order chi connectivity index (χ1) is 13.6. The molecule has 0 saturated carbocycles. The first-order valence-corrected chi connectivity index (χ1v) is 9.39. The monoisotopic (exact) mass is 383 g/mol. The molecule has 28 heavy (non-hydrogen) atoms. The molecule has 0 aromatic heterocycles. The fourth-order valence-corrected chi connectivity index (χ4v) is 3.17. The largest absolute Gasteiger partial charge is 0.383 e. The number of nitro benzene ring substituents is 1. The van der Waals surface area contributed by atoms with E-state index in [0.717, 1.165) is 31.9 Å². The van der Waals surface area contributed by atoms with Gasteiger partial charge in [-0.05, 0) is 24.3 Å². The van der Waals surface area contributed by atoms with Crippen molar-refractivity contribution in [3.63, 3.8) is 0 Å². The van der Waals surface area contributed by atoms with Gasteiger partial charge in [-0.25, -0.2) is 0 Å². The van der Waals surface area contributed by atoms with Crippen LogP contribution in [0.5, 0.6) is 0 Å². The highest BCUT2D eigenvalue weighted by molar-refractivity contribution is 5.78. The van der Waals surface area contributed by atoms with E-state index >= 15 is 0 Å². The number of nitrogens with zero attached hydrogens (tertiary/aromatic N) is 3. The average Bonchev–Trinajstić information content (AvgIpc) is 2.73. The number of hydrogen-bond acceptors (Lipinski definition) is 6. The molecule has 148 valence electrons. The van der Waals surface area contributed by atoms with Crippen molar-refractivity contribution in [2.45, 2.75) is 0 Å². The van der Waals surface area contributed by atoms with Crippen LogP contribution in [0.1, 0.15) is 0 Å². The third-order valence-electron chi connectivity index (χ3n) is 4.72. The van der Waals surface area contributed by atoms with E-state index in [1.807, 2.05) is 18.2 Å². The summed E-state index contributed by atoms with van der Waals surface area (Å²) in [4.78, 5) is 26.8. The molecule has 1 aliphatic rings. The predicted molar refractivity (Wildman–Crippen MR) is 110 cm³/mol. The van der Waals surface area contributed by atoms with Crippen molar-refractivity contribution in [3.8, 4) is 0 Å². The molecule has 1 heterocycles. The van der Waals surface area contributed by atoms with Crippen molar-refractivity contribution in [2.75, 3.05) is 56.0 Å². The lowest BCUT2D eigenvalue weighted by Crippen LogP contribution is -2.49. The number of benzene rings is 2. The van der Waals surface area contributed by atoms with Gasteiger partial charge in [0.2, 0.25) is 5.91 Å². The molecule has 2 aromatic rings. The summed E-state index contributed by atoms with van der Waals surface area (Å²) in [5.74, 6) is 0.0126. The van der Waals surface area contributed by atoms with Gasteiger partial charge in [-0.3, -0.25) is 19.8 Å². The van der Waals surface area contributed by atoms with E-state index in [9.17, 15) is 14.9 Å². The number of rotatable bonds is 8. The van der Waals surface area contributed by atoms with Gasteiger partial charge in [0.25, 0.3) is 5.69 Å². The second-order valence-corrected chi connectivity index (χ2v) is 6.68. The normalized spacial score (nSPS) is 14.5. The highest BCUT2D eigenvalue weighted by atomic mass is 16.6. The Morgan fingerprint density at radius 2 is 1.64 bits per heavy atom. The number of piperazine rings is 1. The fourth-order valence-electron chi connectivity index (χ4n) is 3.17. The van der Waals surface area contributed by atoms with Gasteiger partial charge >= 0.3 is 0 Å². The minimum Gasteiger partial charge on any atom is -0.383 e. The third-order valence-corrected chi connectivity index (χ3v) is 4.72. The van der Waals surface area contributed by atoms with Crippen LogP contribution in [-0.4, -0.2) is 61.5 Å². The van der Waals surface area contributed by atoms with E-state index < -0.39 is 4.92 Å². The van der Waals surface area contributed by atoms with Gasteiger partial charge in [-0.15, -0.1) is 0 Å². The van der Waals surface area contributed by atoms with Gasteiger partial charge in [0, 0.05) is 62.8 Å². The number of nitro groups is 1. The number of para-hydroxylation sites is 1. The van der Waals surface area contributed by atoms with Crippen LogP contribution >= 0.6 is 0 Å². The molecule has 2 aromatic carbocycles. The van der Waals surface area contributed by atoms with Gasteiger partial charge < -0.3 is 15.5 Å². The van der Waals surface area contributed by atoms with Crippen LogP contribution in [0.15, 0.2) is 54.6 Å². The molecule has 0 radical (unpaired) electrons. The average molecular weight is 383 g/mol. The number of anilines is 2. The zero-order valence-electron chi connectivity index (χ0n) is 15.7. The number of carbonyl (C=O) groups excluding carboxylic acids is 1. The van der Waals surface area contributed by atoms with Crippen LogP contribution in [-0.2, 0) is 4.79 Å². The molecule has 8 nitrogen and oxygen atoms in total. The minimum absolute atomic E-state index is 0.0126. The minimum atomic E-state index is -0.427.